The number of ether oxygens (including phenoxy) is 3. The van der Waals surface area contributed by atoms with Gasteiger partial charge in [-0.2, -0.15) is 5.10 Å². The molecular weight excluding hydrogens is 466 g/mol. The lowest BCUT2D eigenvalue weighted by Gasteiger charge is -2.25. The van der Waals surface area contributed by atoms with Crippen molar-refractivity contribution in [1.29, 1.82) is 0 Å². The SMILES string of the molecule is CCOCC(O)CN(Cc1ccccc1)Cc1c(C)nn(-c2ccccc2)c1Oc1ccccc1OC. The summed E-state index contributed by atoms with van der Waals surface area (Å²) in [5, 5.41) is 15.6. The molecule has 0 saturated carbocycles. The molecule has 37 heavy (non-hydrogen) atoms. The smallest absolute Gasteiger partial charge is 0.227 e. The van der Waals surface area contributed by atoms with Crippen LogP contribution in [0.15, 0.2) is 84.9 Å². The number of para-hydroxylation sites is 3. The predicted molar refractivity (Wildman–Crippen MR) is 144 cm³/mol. The van der Waals surface area contributed by atoms with E-state index in [-0.39, 0.29) is 6.61 Å². The Balaban J connectivity index is 1.72. The van der Waals surface area contributed by atoms with E-state index < -0.39 is 6.10 Å². The second-order valence-electron chi connectivity index (χ2n) is 8.84. The third-order valence-corrected chi connectivity index (χ3v) is 6.03. The lowest BCUT2D eigenvalue weighted by molar-refractivity contribution is 0.0178. The summed E-state index contributed by atoms with van der Waals surface area (Å²) in [6.45, 7) is 6.40. The number of methoxy groups -OCH3 is 1. The predicted octanol–water partition coefficient (Wildman–Crippen LogP) is 5.38. The van der Waals surface area contributed by atoms with E-state index in [1.165, 1.54) is 0 Å². The molecule has 0 bridgehead atoms. The molecule has 0 spiro atoms. The lowest BCUT2D eigenvalue weighted by atomic mass is 10.1. The molecule has 1 N–H and O–H groups in total. The zero-order valence-electron chi connectivity index (χ0n) is 21.7. The second kappa shape index (κ2) is 13.1. The number of rotatable bonds is 13. The number of aromatic nitrogens is 2. The third kappa shape index (κ3) is 6.98. The van der Waals surface area contributed by atoms with Gasteiger partial charge in [-0.05, 0) is 43.7 Å². The maximum absolute atomic E-state index is 10.7. The van der Waals surface area contributed by atoms with Gasteiger partial charge in [-0.1, -0.05) is 60.7 Å². The molecule has 4 rings (SSSR count). The van der Waals surface area contributed by atoms with Gasteiger partial charge < -0.3 is 19.3 Å². The van der Waals surface area contributed by atoms with Crippen LogP contribution in [0.1, 0.15) is 23.7 Å². The van der Waals surface area contributed by atoms with E-state index in [1.807, 2.05) is 91.3 Å². The van der Waals surface area contributed by atoms with Crippen molar-refractivity contribution in [2.75, 3.05) is 26.9 Å². The molecule has 3 aromatic carbocycles. The number of nitrogens with zero attached hydrogens (tertiary/aromatic N) is 3. The summed E-state index contributed by atoms with van der Waals surface area (Å²) in [6, 6.07) is 27.7. The van der Waals surface area contributed by atoms with Gasteiger partial charge in [0.15, 0.2) is 11.5 Å². The van der Waals surface area contributed by atoms with Crippen LogP contribution in [0.3, 0.4) is 0 Å². The Morgan fingerprint density at radius 3 is 2.22 bits per heavy atom. The molecule has 0 saturated heterocycles. The van der Waals surface area contributed by atoms with E-state index in [1.54, 1.807) is 7.11 Å². The van der Waals surface area contributed by atoms with Gasteiger partial charge in [0.05, 0.1) is 36.8 Å². The van der Waals surface area contributed by atoms with Gasteiger partial charge in [-0.3, -0.25) is 4.90 Å². The van der Waals surface area contributed by atoms with Crippen molar-refractivity contribution in [3.05, 3.63) is 102 Å². The molecule has 0 aliphatic carbocycles. The van der Waals surface area contributed by atoms with E-state index in [4.69, 9.17) is 19.3 Å². The van der Waals surface area contributed by atoms with Crippen molar-refractivity contribution in [2.24, 2.45) is 0 Å². The Bertz CT molecular complexity index is 1240. The Labute approximate surface area is 218 Å². The highest BCUT2D eigenvalue weighted by atomic mass is 16.5. The van der Waals surface area contributed by atoms with E-state index in [0.29, 0.717) is 43.6 Å². The Morgan fingerprint density at radius 2 is 1.54 bits per heavy atom. The molecule has 7 nitrogen and oxygen atoms in total. The molecule has 0 radical (unpaired) electrons. The van der Waals surface area contributed by atoms with E-state index in [2.05, 4.69) is 17.0 Å². The van der Waals surface area contributed by atoms with Gasteiger partial charge >= 0.3 is 0 Å². The van der Waals surface area contributed by atoms with Crippen LogP contribution in [-0.4, -0.2) is 52.8 Å². The van der Waals surface area contributed by atoms with Crippen LogP contribution >= 0.6 is 0 Å². The van der Waals surface area contributed by atoms with Crippen LogP contribution in [0, 0.1) is 6.92 Å². The summed E-state index contributed by atoms with van der Waals surface area (Å²) >= 11 is 0. The van der Waals surface area contributed by atoms with Crippen LogP contribution in [-0.2, 0) is 17.8 Å². The van der Waals surface area contributed by atoms with E-state index in [0.717, 1.165) is 22.5 Å². The van der Waals surface area contributed by atoms with Crippen LogP contribution < -0.4 is 9.47 Å². The highest BCUT2D eigenvalue weighted by molar-refractivity contribution is 5.47. The van der Waals surface area contributed by atoms with Crippen LogP contribution in [0.4, 0.5) is 0 Å². The number of aryl methyl sites for hydroxylation is 1. The quantitative estimate of drug-likeness (QED) is 0.265. The summed E-state index contributed by atoms with van der Waals surface area (Å²) in [4.78, 5) is 2.20. The number of aliphatic hydroxyl groups excluding tert-OH is 1. The largest absolute Gasteiger partial charge is 0.493 e. The van der Waals surface area contributed by atoms with Gasteiger partial charge in [-0.15, -0.1) is 0 Å². The molecule has 7 heteroatoms. The minimum absolute atomic E-state index is 0.286. The standard InChI is InChI=1S/C30H35N3O4/c1-4-36-22-26(34)20-32(19-24-13-7-5-8-14-24)21-27-23(2)31-33(25-15-9-6-10-16-25)30(27)37-29-18-12-11-17-28(29)35-3/h5-18,26,34H,4,19-22H2,1-3H3. The summed E-state index contributed by atoms with van der Waals surface area (Å²) in [6.07, 6.45) is -0.619. The molecule has 0 amide bonds. The van der Waals surface area contributed by atoms with Crippen LogP contribution in [0.2, 0.25) is 0 Å². The van der Waals surface area contributed by atoms with Crippen molar-refractivity contribution in [3.63, 3.8) is 0 Å². The third-order valence-electron chi connectivity index (χ3n) is 6.03. The number of hydrogen-bond acceptors (Lipinski definition) is 6. The van der Waals surface area contributed by atoms with Crippen molar-refractivity contribution in [3.8, 4) is 23.1 Å². The van der Waals surface area contributed by atoms with E-state index in [9.17, 15) is 5.11 Å². The number of aliphatic hydroxyl groups is 1. The minimum Gasteiger partial charge on any atom is -0.493 e. The first-order valence-electron chi connectivity index (χ1n) is 12.6. The Hall–Kier alpha value is -3.65. The van der Waals surface area contributed by atoms with Crippen molar-refractivity contribution in [2.45, 2.75) is 33.0 Å². The second-order valence-corrected chi connectivity index (χ2v) is 8.84. The zero-order chi connectivity index (χ0) is 26.0. The molecule has 0 fully saturated rings. The monoisotopic (exact) mass is 501 g/mol. The van der Waals surface area contributed by atoms with Crippen molar-refractivity contribution < 1.29 is 19.3 Å². The highest BCUT2D eigenvalue weighted by Gasteiger charge is 2.23. The summed E-state index contributed by atoms with van der Waals surface area (Å²) < 4.78 is 19.4. The van der Waals surface area contributed by atoms with Gasteiger partial charge in [-0.25, -0.2) is 4.68 Å². The molecule has 1 aromatic heterocycles. The normalized spacial score (nSPS) is 12.0. The Kier molecular flexibility index (Phi) is 9.32. The maximum atomic E-state index is 10.7. The van der Waals surface area contributed by atoms with Gasteiger partial charge in [0, 0.05) is 26.2 Å². The fourth-order valence-electron chi connectivity index (χ4n) is 4.23. The molecule has 4 aromatic rings. The van der Waals surface area contributed by atoms with E-state index >= 15 is 0 Å². The molecule has 1 atom stereocenters. The molecule has 1 unspecified atom stereocenters. The van der Waals surface area contributed by atoms with Crippen molar-refractivity contribution in [1.82, 2.24) is 14.7 Å². The van der Waals surface area contributed by atoms with Gasteiger partial charge in [0.25, 0.3) is 0 Å². The molecule has 0 aliphatic rings. The first kappa shape index (κ1) is 26.4. The first-order chi connectivity index (χ1) is 18.1. The average molecular weight is 502 g/mol. The zero-order valence-corrected chi connectivity index (χ0v) is 21.7. The molecule has 194 valence electrons. The highest BCUT2D eigenvalue weighted by Crippen LogP contribution is 2.36. The van der Waals surface area contributed by atoms with Gasteiger partial charge in [0.2, 0.25) is 5.88 Å². The average Bonchev–Trinajstić information content (AvgIpc) is 3.23. The number of hydrogen-bond donors (Lipinski definition) is 1. The minimum atomic E-state index is -0.619. The van der Waals surface area contributed by atoms with Crippen molar-refractivity contribution >= 4 is 0 Å². The summed E-state index contributed by atoms with van der Waals surface area (Å²) in [7, 11) is 1.63. The van der Waals surface area contributed by atoms with Gasteiger partial charge in [0.1, 0.15) is 0 Å². The summed E-state index contributed by atoms with van der Waals surface area (Å²) in [5.74, 6) is 1.86. The molecular formula is C30H35N3O4. The van der Waals surface area contributed by atoms with Crippen LogP contribution in [0.5, 0.6) is 17.4 Å². The first-order valence-corrected chi connectivity index (χ1v) is 12.6. The lowest BCUT2D eigenvalue weighted by Crippen LogP contribution is -2.34. The molecule has 1 heterocycles. The van der Waals surface area contributed by atoms with Crippen LogP contribution in [0.25, 0.3) is 5.69 Å². The number of benzene rings is 3. The summed E-state index contributed by atoms with van der Waals surface area (Å²) in [5.41, 5.74) is 3.85. The fraction of sp³-hybridized carbons (Fsp3) is 0.300. The Morgan fingerprint density at radius 1 is 0.892 bits per heavy atom. The maximum Gasteiger partial charge on any atom is 0.227 e. The molecule has 0 aliphatic heterocycles. The fourth-order valence-corrected chi connectivity index (χ4v) is 4.23. The topological polar surface area (TPSA) is 69.0 Å².